The number of sulfonamides is 1. The monoisotopic (exact) mass is 545 g/mol. The number of carbonyl (C=O) groups is 1. The molecule has 6 nitrogen and oxygen atoms in total. The van der Waals surface area contributed by atoms with Crippen LogP contribution in [0.15, 0.2) is 76.1 Å². The molecule has 3 aromatic rings. The maximum absolute atomic E-state index is 14.5. The zero-order chi connectivity index (χ0) is 24.5. The number of rotatable bonds is 5. The van der Waals surface area contributed by atoms with Gasteiger partial charge in [0.1, 0.15) is 5.82 Å². The summed E-state index contributed by atoms with van der Waals surface area (Å²) in [6, 6.07) is 18.2. The Balaban J connectivity index is 1.52. The number of nitrogens with one attached hydrogen (secondary N) is 1. The highest BCUT2D eigenvalue weighted by molar-refractivity contribution is 9.10. The molecule has 0 unspecified atom stereocenters. The Bertz CT molecular complexity index is 1300. The Morgan fingerprint density at radius 3 is 2.35 bits per heavy atom. The number of aryl methyl sites for hydroxylation is 1. The number of carbonyl (C=O) groups excluding carboxylic acids is 1. The first-order chi connectivity index (χ1) is 16.1. The maximum atomic E-state index is 14.5. The van der Waals surface area contributed by atoms with Crippen LogP contribution in [0.2, 0.25) is 0 Å². The molecule has 1 atom stereocenters. The zero-order valence-electron chi connectivity index (χ0n) is 18.8. The molecule has 0 spiro atoms. The number of hydrogen-bond donors (Lipinski definition) is 1. The molecule has 0 radical (unpaired) electrons. The topological polar surface area (TPSA) is 69.7 Å². The predicted molar refractivity (Wildman–Crippen MR) is 135 cm³/mol. The number of halogens is 2. The standard InChI is InChI=1S/C25H25BrFN3O3S/c1-17-3-9-21(10-4-17)30-14-13-29(16-18(30)2)34(32,33)22-11-12-24(27)23(15-22)25(31)28-20-7-5-19(26)6-8-20/h3-12,15,18H,13-14,16H2,1-2H3,(H,28,31)/t18-/m1/s1. The average molecular weight is 546 g/mol. The van der Waals surface area contributed by atoms with E-state index in [1.54, 1.807) is 24.3 Å². The van der Waals surface area contributed by atoms with E-state index < -0.39 is 21.7 Å². The first-order valence-corrected chi connectivity index (χ1v) is 13.1. The Morgan fingerprint density at radius 1 is 1.03 bits per heavy atom. The van der Waals surface area contributed by atoms with Crippen LogP contribution in [0.3, 0.4) is 0 Å². The van der Waals surface area contributed by atoms with Gasteiger partial charge in [-0.2, -0.15) is 4.31 Å². The van der Waals surface area contributed by atoms with Crippen molar-refractivity contribution in [1.82, 2.24) is 4.31 Å². The van der Waals surface area contributed by atoms with E-state index in [4.69, 9.17) is 0 Å². The Kier molecular flexibility index (Phi) is 7.06. The first kappa shape index (κ1) is 24.4. The van der Waals surface area contributed by atoms with Gasteiger partial charge in [0, 0.05) is 41.5 Å². The molecular weight excluding hydrogens is 521 g/mol. The minimum absolute atomic E-state index is 0.0492. The highest BCUT2D eigenvalue weighted by Crippen LogP contribution is 2.26. The molecule has 0 aromatic heterocycles. The van der Waals surface area contributed by atoms with Crippen molar-refractivity contribution >= 4 is 43.2 Å². The molecular formula is C25H25BrFN3O3S. The molecule has 178 valence electrons. The predicted octanol–water partition coefficient (Wildman–Crippen LogP) is 5.05. The van der Waals surface area contributed by atoms with Crippen molar-refractivity contribution in [3.63, 3.8) is 0 Å². The van der Waals surface area contributed by atoms with Gasteiger partial charge in [0.15, 0.2) is 0 Å². The van der Waals surface area contributed by atoms with E-state index in [0.29, 0.717) is 18.8 Å². The van der Waals surface area contributed by atoms with Gasteiger partial charge in [0.2, 0.25) is 10.0 Å². The Labute approximate surface area is 207 Å². The van der Waals surface area contributed by atoms with Crippen LogP contribution in [0.5, 0.6) is 0 Å². The summed E-state index contributed by atoms with van der Waals surface area (Å²) in [5.41, 5.74) is 2.36. The minimum atomic E-state index is -3.90. The summed E-state index contributed by atoms with van der Waals surface area (Å²) in [5.74, 6) is -1.50. The maximum Gasteiger partial charge on any atom is 0.258 e. The molecule has 1 aliphatic heterocycles. The van der Waals surface area contributed by atoms with E-state index >= 15 is 0 Å². The molecule has 3 aromatic carbocycles. The van der Waals surface area contributed by atoms with E-state index in [1.807, 2.05) is 38.1 Å². The molecule has 1 fully saturated rings. The van der Waals surface area contributed by atoms with Crippen LogP contribution in [-0.4, -0.2) is 44.3 Å². The van der Waals surface area contributed by atoms with Crippen LogP contribution in [0, 0.1) is 12.7 Å². The smallest absolute Gasteiger partial charge is 0.258 e. The molecule has 1 amide bonds. The van der Waals surface area contributed by atoms with Crippen LogP contribution >= 0.6 is 15.9 Å². The second kappa shape index (κ2) is 9.85. The molecule has 9 heteroatoms. The van der Waals surface area contributed by atoms with Crippen molar-refractivity contribution in [2.75, 3.05) is 29.9 Å². The highest BCUT2D eigenvalue weighted by atomic mass is 79.9. The van der Waals surface area contributed by atoms with Crippen molar-refractivity contribution in [3.05, 3.63) is 88.1 Å². The highest BCUT2D eigenvalue weighted by Gasteiger charge is 2.33. The van der Waals surface area contributed by atoms with Crippen molar-refractivity contribution in [3.8, 4) is 0 Å². The van der Waals surface area contributed by atoms with Gasteiger partial charge in [0.25, 0.3) is 5.91 Å². The fourth-order valence-electron chi connectivity index (χ4n) is 3.98. The third-order valence-corrected chi connectivity index (χ3v) is 8.27. The van der Waals surface area contributed by atoms with E-state index in [-0.39, 0.29) is 23.0 Å². The molecule has 0 aliphatic carbocycles. The zero-order valence-corrected chi connectivity index (χ0v) is 21.2. The second-order valence-corrected chi connectivity index (χ2v) is 11.2. The largest absolute Gasteiger partial charge is 0.366 e. The molecule has 1 N–H and O–H groups in total. The number of hydrogen-bond acceptors (Lipinski definition) is 4. The van der Waals surface area contributed by atoms with Gasteiger partial charge >= 0.3 is 0 Å². The Hall–Kier alpha value is -2.75. The number of nitrogens with zero attached hydrogens (tertiary/aromatic N) is 2. The number of amides is 1. The van der Waals surface area contributed by atoms with Crippen LogP contribution in [0.25, 0.3) is 0 Å². The molecule has 1 aliphatic rings. The SMILES string of the molecule is Cc1ccc(N2CCN(S(=O)(=O)c3ccc(F)c(C(=O)Nc4ccc(Br)cc4)c3)C[C@H]2C)cc1. The average Bonchev–Trinajstić information content (AvgIpc) is 2.81. The van der Waals surface area contributed by atoms with Gasteiger partial charge < -0.3 is 10.2 Å². The molecule has 0 bridgehead atoms. The third-order valence-electron chi connectivity index (χ3n) is 5.88. The second-order valence-electron chi connectivity index (χ2n) is 8.34. The van der Waals surface area contributed by atoms with Gasteiger partial charge in [-0.25, -0.2) is 12.8 Å². The molecule has 34 heavy (non-hydrogen) atoms. The van der Waals surface area contributed by atoms with Crippen LogP contribution in [-0.2, 0) is 10.0 Å². The van der Waals surface area contributed by atoms with Crippen LogP contribution < -0.4 is 10.2 Å². The lowest BCUT2D eigenvalue weighted by molar-refractivity contribution is 0.102. The van der Waals surface area contributed by atoms with E-state index in [1.165, 1.54) is 10.4 Å². The summed E-state index contributed by atoms with van der Waals surface area (Å²) >= 11 is 3.31. The van der Waals surface area contributed by atoms with Gasteiger partial charge in [-0.1, -0.05) is 33.6 Å². The van der Waals surface area contributed by atoms with Crippen molar-refractivity contribution in [2.45, 2.75) is 24.8 Å². The molecule has 4 rings (SSSR count). The number of anilines is 2. The van der Waals surface area contributed by atoms with E-state index in [0.717, 1.165) is 27.9 Å². The summed E-state index contributed by atoms with van der Waals surface area (Å²) in [6.45, 7) is 5.10. The lowest BCUT2D eigenvalue weighted by Crippen LogP contribution is -2.53. The van der Waals surface area contributed by atoms with Crippen LogP contribution in [0.1, 0.15) is 22.8 Å². The lowest BCUT2D eigenvalue weighted by Gasteiger charge is -2.40. The molecule has 0 saturated carbocycles. The number of piperazine rings is 1. The Morgan fingerprint density at radius 2 is 1.71 bits per heavy atom. The summed E-state index contributed by atoms with van der Waals surface area (Å²) in [5, 5.41) is 2.60. The van der Waals surface area contributed by atoms with E-state index in [9.17, 15) is 17.6 Å². The fraction of sp³-hybridized carbons (Fsp3) is 0.240. The quantitative estimate of drug-likeness (QED) is 0.487. The normalized spacial score (nSPS) is 16.9. The molecule has 1 heterocycles. The van der Waals surface area contributed by atoms with Gasteiger partial charge in [-0.05, 0) is 68.4 Å². The van der Waals surface area contributed by atoms with Gasteiger partial charge in [-0.15, -0.1) is 0 Å². The summed E-state index contributed by atoms with van der Waals surface area (Å²) in [4.78, 5) is 14.7. The van der Waals surface area contributed by atoms with Crippen LogP contribution in [0.4, 0.5) is 15.8 Å². The van der Waals surface area contributed by atoms with Gasteiger partial charge in [0.05, 0.1) is 10.5 Å². The summed E-state index contributed by atoms with van der Waals surface area (Å²) in [7, 11) is -3.90. The van der Waals surface area contributed by atoms with Gasteiger partial charge in [-0.3, -0.25) is 4.79 Å². The number of benzene rings is 3. The van der Waals surface area contributed by atoms with Crippen molar-refractivity contribution in [1.29, 1.82) is 0 Å². The van der Waals surface area contributed by atoms with E-state index in [2.05, 4.69) is 26.1 Å². The summed E-state index contributed by atoms with van der Waals surface area (Å²) < 4.78 is 43.4. The van der Waals surface area contributed by atoms with Crippen molar-refractivity contribution < 1.29 is 17.6 Å². The fourth-order valence-corrected chi connectivity index (χ4v) is 5.79. The minimum Gasteiger partial charge on any atom is -0.366 e. The first-order valence-electron chi connectivity index (χ1n) is 10.8. The van der Waals surface area contributed by atoms with Crippen molar-refractivity contribution in [2.24, 2.45) is 0 Å². The summed E-state index contributed by atoms with van der Waals surface area (Å²) in [6.07, 6.45) is 0. The molecule has 1 saturated heterocycles. The lowest BCUT2D eigenvalue weighted by atomic mass is 10.1. The third kappa shape index (κ3) is 5.16.